The lowest BCUT2D eigenvalue weighted by Gasteiger charge is -2.22. The summed E-state index contributed by atoms with van der Waals surface area (Å²) in [6.07, 6.45) is 0. The third-order valence-corrected chi connectivity index (χ3v) is 2.42. The number of aliphatic hydroxyl groups is 1. The Bertz CT molecular complexity index is 357. The van der Waals surface area contributed by atoms with Crippen LogP contribution in [-0.2, 0) is 5.60 Å². The second-order valence-corrected chi connectivity index (χ2v) is 3.79. The Balaban J connectivity index is 3.29. The smallest absolute Gasteiger partial charge is 0.166 e. The summed E-state index contributed by atoms with van der Waals surface area (Å²) in [5, 5.41) is 9.36. The number of pyridine rings is 1. The number of rotatable bonds is 2. The monoisotopic (exact) mass is 238 g/mol. The maximum Gasteiger partial charge on any atom is 0.166 e. The fraction of sp³-hybridized carbons (Fsp3) is 0.375. The zero-order valence-corrected chi connectivity index (χ0v) is 8.90. The SMILES string of the molecule is CC(O)(CN)c1cc(F)c(Cl)nc1Cl. The largest absolute Gasteiger partial charge is 0.384 e. The fourth-order valence-corrected chi connectivity index (χ4v) is 1.46. The van der Waals surface area contributed by atoms with E-state index in [9.17, 15) is 9.50 Å². The van der Waals surface area contributed by atoms with Gasteiger partial charge in [0.2, 0.25) is 0 Å². The first-order valence-corrected chi connectivity index (χ1v) is 4.58. The molecule has 1 rings (SSSR count). The lowest BCUT2D eigenvalue weighted by atomic mass is 9.98. The van der Waals surface area contributed by atoms with Gasteiger partial charge in [0.15, 0.2) is 11.0 Å². The molecule has 1 atom stereocenters. The summed E-state index contributed by atoms with van der Waals surface area (Å²) >= 11 is 11.1. The molecule has 0 saturated carbocycles. The van der Waals surface area contributed by atoms with E-state index in [0.717, 1.165) is 6.07 Å². The minimum absolute atomic E-state index is 0.0492. The molecule has 0 saturated heterocycles. The van der Waals surface area contributed by atoms with Crippen LogP contribution in [0.15, 0.2) is 6.07 Å². The van der Waals surface area contributed by atoms with Gasteiger partial charge in [0.25, 0.3) is 0 Å². The van der Waals surface area contributed by atoms with Crippen LogP contribution in [0.1, 0.15) is 12.5 Å². The van der Waals surface area contributed by atoms with Gasteiger partial charge in [0, 0.05) is 12.1 Å². The maximum absolute atomic E-state index is 13.0. The fourth-order valence-electron chi connectivity index (χ4n) is 0.933. The molecule has 0 fully saturated rings. The van der Waals surface area contributed by atoms with Crippen LogP contribution in [0.2, 0.25) is 10.3 Å². The average molecular weight is 239 g/mol. The number of aromatic nitrogens is 1. The van der Waals surface area contributed by atoms with Crippen molar-refractivity contribution in [3.63, 3.8) is 0 Å². The molecule has 14 heavy (non-hydrogen) atoms. The molecule has 3 nitrogen and oxygen atoms in total. The van der Waals surface area contributed by atoms with Crippen LogP contribution in [0.25, 0.3) is 0 Å². The highest BCUT2D eigenvalue weighted by Crippen LogP contribution is 2.28. The molecule has 3 N–H and O–H groups in total. The number of hydrogen-bond donors (Lipinski definition) is 2. The summed E-state index contributed by atoms with van der Waals surface area (Å²) in [5.74, 6) is -0.736. The zero-order valence-electron chi connectivity index (χ0n) is 7.39. The molecule has 0 radical (unpaired) electrons. The minimum Gasteiger partial charge on any atom is -0.384 e. The molecule has 0 aliphatic rings. The molecule has 0 aromatic carbocycles. The van der Waals surface area contributed by atoms with Gasteiger partial charge in [0.05, 0.1) is 0 Å². The summed E-state index contributed by atoms with van der Waals surface area (Å²) in [7, 11) is 0. The van der Waals surface area contributed by atoms with Gasteiger partial charge in [0.1, 0.15) is 10.8 Å². The van der Waals surface area contributed by atoms with E-state index >= 15 is 0 Å². The van der Waals surface area contributed by atoms with E-state index in [0.29, 0.717) is 0 Å². The Morgan fingerprint density at radius 2 is 2.14 bits per heavy atom. The molecule has 0 spiro atoms. The van der Waals surface area contributed by atoms with Gasteiger partial charge in [-0.3, -0.25) is 0 Å². The van der Waals surface area contributed by atoms with Gasteiger partial charge in [-0.05, 0) is 13.0 Å². The van der Waals surface area contributed by atoms with Gasteiger partial charge >= 0.3 is 0 Å². The Labute approximate surface area is 90.7 Å². The zero-order chi connectivity index (χ0) is 10.9. The highest BCUT2D eigenvalue weighted by molar-refractivity contribution is 6.33. The van der Waals surface area contributed by atoms with Crippen LogP contribution in [-0.4, -0.2) is 16.6 Å². The van der Waals surface area contributed by atoms with Crippen molar-refractivity contribution in [2.75, 3.05) is 6.54 Å². The maximum atomic E-state index is 13.0. The van der Waals surface area contributed by atoms with E-state index in [1.54, 1.807) is 0 Å². The third-order valence-electron chi connectivity index (χ3n) is 1.86. The molecule has 1 heterocycles. The lowest BCUT2D eigenvalue weighted by Crippen LogP contribution is -2.32. The summed E-state index contributed by atoms with van der Waals surface area (Å²) < 4.78 is 13.0. The van der Waals surface area contributed by atoms with E-state index in [1.165, 1.54) is 6.92 Å². The molecule has 0 bridgehead atoms. The highest BCUT2D eigenvalue weighted by atomic mass is 35.5. The van der Waals surface area contributed by atoms with Crippen LogP contribution in [0.5, 0.6) is 0 Å². The predicted octanol–water partition coefficient (Wildman–Crippen LogP) is 1.69. The molecular formula is C8H9Cl2FN2O. The predicted molar refractivity (Wildman–Crippen MR) is 52.8 cm³/mol. The highest BCUT2D eigenvalue weighted by Gasteiger charge is 2.26. The van der Waals surface area contributed by atoms with E-state index < -0.39 is 11.4 Å². The number of hydrogen-bond acceptors (Lipinski definition) is 3. The normalized spacial score (nSPS) is 15.3. The number of halogens is 3. The molecule has 1 aromatic heterocycles. The van der Waals surface area contributed by atoms with E-state index in [-0.39, 0.29) is 22.4 Å². The van der Waals surface area contributed by atoms with E-state index in [2.05, 4.69) is 4.98 Å². The second kappa shape index (κ2) is 3.98. The van der Waals surface area contributed by atoms with Crippen molar-refractivity contribution in [3.8, 4) is 0 Å². The van der Waals surface area contributed by atoms with Crippen LogP contribution in [0, 0.1) is 5.82 Å². The average Bonchev–Trinajstić information content (AvgIpc) is 2.11. The molecule has 6 heteroatoms. The first kappa shape index (κ1) is 11.7. The van der Waals surface area contributed by atoms with Gasteiger partial charge in [-0.25, -0.2) is 9.37 Å². The summed E-state index contributed by atoms with van der Waals surface area (Å²) in [5.41, 5.74) is 4.02. The van der Waals surface area contributed by atoms with Crippen molar-refractivity contribution < 1.29 is 9.50 Å². The molecule has 0 aliphatic heterocycles. The molecule has 0 amide bonds. The standard InChI is InChI=1S/C8H9Cl2FN2O/c1-8(14,3-12)4-2-5(11)7(10)13-6(4)9/h2,14H,3,12H2,1H3. The van der Waals surface area contributed by atoms with E-state index in [4.69, 9.17) is 28.9 Å². The van der Waals surface area contributed by atoms with Crippen molar-refractivity contribution in [1.29, 1.82) is 0 Å². The third kappa shape index (κ3) is 2.15. The van der Waals surface area contributed by atoms with Crippen molar-refractivity contribution >= 4 is 23.2 Å². The van der Waals surface area contributed by atoms with Gasteiger partial charge in [-0.1, -0.05) is 23.2 Å². The first-order chi connectivity index (χ1) is 6.38. The summed E-state index contributed by atoms with van der Waals surface area (Å²) in [6, 6.07) is 1.03. The molecular weight excluding hydrogens is 230 g/mol. The van der Waals surface area contributed by atoms with Crippen molar-refractivity contribution in [2.24, 2.45) is 5.73 Å². The van der Waals surface area contributed by atoms with Crippen molar-refractivity contribution in [3.05, 3.63) is 27.8 Å². The van der Waals surface area contributed by atoms with Gasteiger partial charge < -0.3 is 10.8 Å². The van der Waals surface area contributed by atoms with Gasteiger partial charge in [-0.15, -0.1) is 0 Å². The number of nitrogens with two attached hydrogens (primary N) is 1. The molecule has 78 valence electrons. The van der Waals surface area contributed by atoms with Gasteiger partial charge in [-0.2, -0.15) is 0 Å². The summed E-state index contributed by atoms with van der Waals surface area (Å²) in [4.78, 5) is 3.53. The van der Waals surface area contributed by atoms with Crippen molar-refractivity contribution in [1.82, 2.24) is 4.98 Å². The Hall–Kier alpha value is -0.420. The van der Waals surface area contributed by atoms with Crippen LogP contribution >= 0.6 is 23.2 Å². The Kier molecular flexibility index (Phi) is 3.32. The van der Waals surface area contributed by atoms with Crippen molar-refractivity contribution in [2.45, 2.75) is 12.5 Å². The first-order valence-electron chi connectivity index (χ1n) is 3.83. The Morgan fingerprint density at radius 3 is 2.64 bits per heavy atom. The quantitative estimate of drug-likeness (QED) is 0.772. The van der Waals surface area contributed by atoms with Crippen LogP contribution in [0.4, 0.5) is 4.39 Å². The second-order valence-electron chi connectivity index (χ2n) is 3.08. The molecule has 1 unspecified atom stereocenters. The Morgan fingerprint density at radius 1 is 1.57 bits per heavy atom. The number of nitrogens with zero attached hydrogens (tertiary/aromatic N) is 1. The molecule has 1 aromatic rings. The van der Waals surface area contributed by atoms with Crippen LogP contribution in [0.3, 0.4) is 0 Å². The minimum atomic E-state index is -1.41. The summed E-state index contributed by atoms with van der Waals surface area (Å²) in [6.45, 7) is 1.33. The lowest BCUT2D eigenvalue weighted by molar-refractivity contribution is 0.0662. The van der Waals surface area contributed by atoms with E-state index in [1.807, 2.05) is 0 Å². The topological polar surface area (TPSA) is 59.1 Å². The van der Waals surface area contributed by atoms with Crippen LogP contribution < -0.4 is 5.73 Å². The molecule has 0 aliphatic carbocycles.